The number of amides is 2. The molecule has 1 aliphatic carbocycles. The van der Waals surface area contributed by atoms with Gasteiger partial charge in [0.1, 0.15) is 36.3 Å². The lowest BCUT2D eigenvalue weighted by Crippen LogP contribution is -2.46. The van der Waals surface area contributed by atoms with Gasteiger partial charge in [-0.05, 0) is 25.7 Å². The summed E-state index contributed by atoms with van der Waals surface area (Å²) >= 11 is 1.10. The zero-order chi connectivity index (χ0) is 41.5. The number of carbonyl (C=O) groups is 3. The molecule has 1 aliphatic heterocycles. The molecule has 2 aromatic heterocycles. The number of hydrogen-bond acceptors (Lipinski definition) is 22. The molecule has 28 heteroatoms. The SMILES string of the molecule is CC(C)(COP(=O)([O-])OP(=O)([O-])OC[C@H]1O[C@@H](n2cnc3c(N)ncnc32)[C@H](O)[C@@H]1OP(=O)([O-])[O-])[C@@H](O)C(=O)NCCC(=O)NCCSC(=O)C1=CCCCC1. The highest BCUT2D eigenvalue weighted by Crippen LogP contribution is 2.56. The number of aliphatic hydroxyl groups is 2. The van der Waals surface area contributed by atoms with Gasteiger partial charge in [-0.25, -0.2) is 19.3 Å². The lowest BCUT2D eigenvalue weighted by atomic mass is 9.87. The summed E-state index contributed by atoms with van der Waals surface area (Å²) in [6.07, 6.45) is -2.01. The fraction of sp³-hybridized carbons (Fsp3) is 0.643. The molecule has 2 aromatic rings. The Hall–Kier alpha value is -2.70. The number of nitrogens with one attached hydrogen (secondary N) is 2. The first-order valence-electron chi connectivity index (χ1n) is 16.8. The topological polar surface area (TPSA) is 375 Å². The van der Waals surface area contributed by atoms with Gasteiger partial charge in [0.25, 0.3) is 15.6 Å². The second-order valence-electron chi connectivity index (χ2n) is 13.1. The van der Waals surface area contributed by atoms with Crippen LogP contribution in [-0.4, -0.2) is 103 Å². The normalized spacial score (nSPS) is 23.2. The van der Waals surface area contributed by atoms with E-state index in [2.05, 4.69) is 43.5 Å². The van der Waals surface area contributed by atoms with Crippen LogP contribution >= 0.6 is 35.2 Å². The summed E-state index contributed by atoms with van der Waals surface area (Å²) in [7, 11) is -17.6. The van der Waals surface area contributed by atoms with Gasteiger partial charge in [0.2, 0.25) is 16.9 Å². The van der Waals surface area contributed by atoms with E-state index in [1.165, 1.54) is 13.8 Å². The highest BCUT2D eigenvalue weighted by Gasteiger charge is 2.47. The number of aromatic nitrogens is 4. The lowest BCUT2D eigenvalue weighted by Gasteiger charge is -2.36. The van der Waals surface area contributed by atoms with E-state index in [0.29, 0.717) is 5.75 Å². The van der Waals surface area contributed by atoms with Gasteiger partial charge in [0.15, 0.2) is 17.7 Å². The van der Waals surface area contributed by atoms with Crippen LogP contribution in [0, 0.1) is 5.41 Å². The fourth-order valence-corrected chi connectivity index (χ4v) is 8.86. The Morgan fingerprint density at radius 2 is 1.80 bits per heavy atom. The summed E-state index contributed by atoms with van der Waals surface area (Å²) in [5.74, 6) is -1.18. The summed E-state index contributed by atoms with van der Waals surface area (Å²) in [6, 6.07) is 0. The van der Waals surface area contributed by atoms with E-state index in [0.717, 1.165) is 60.2 Å². The van der Waals surface area contributed by atoms with Crippen molar-refractivity contribution in [3.63, 3.8) is 0 Å². The minimum atomic E-state index is -5.91. The minimum absolute atomic E-state index is 0.0199. The molecule has 2 unspecified atom stereocenters. The number of carbonyl (C=O) groups excluding carboxylic acids is 3. The maximum atomic E-state index is 12.5. The Kier molecular flexibility index (Phi) is 15.9. The van der Waals surface area contributed by atoms with Crippen LogP contribution in [-0.2, 0) is 50.7 Å². The highest BCUT2D eigenvalue weighted by molar-refractivity contribution is 8.14. The van der Waals surface area contributed by atoms with Gasteiger partial charge in [-0.1, -0.05) is 31.7 Å². The number of nitrogen functional groups attached to an aromatic ring is 1. The van der Waals surface area contributed by atoms with E-state index in [9.17, 15) is 57.9 Å². The van der Waals surface area contributed by atoms with Crippen molar-refractivity contribution in [2.24, 2.45) is 5.41 Å². The first-order chi connectivity index (χ1) is 26.1. The van der Waals surface area contributed by atoms with E-state index in [-0.39, 0.29) is 41.6 Å². The predicted octanol–water partition coefficient (Wildman–Crippen LogP) is -2.36. The van der Waals surface area contributed by atoms with E-state index >= 15 is 0 Å². The molecule has 0 bridgehead atoms. The highest BCUT2D eigenvalue weighted by atomic mass is 32.2. The molecule has 3 heterocycles. The Labute approximate surface area is 323 Å². The zero-order valence-corrected chi connectivity index (χ0v) is 33.3. The molecule has 7 atom stereocenters. The van der Waals surface area contributed by atoms with Crippen LogP contribution in [0.5, 0.6) is 0 Å². The number of aliphatic hydroxyl groups excluding tert-OH is 2. The van der Waals surface area contributed by atoms with E-state index in [1.54, 1.807) is 0 Å². The average molecular weight is 872 g/mol. The van der Waals surface area contributed by atoms with Crippen molar-refractivity contribution in [2.75, 3.05) is 37.8 Å². The lowest BCUT2D eigenvalue weighted by molar-refractivity contribution is -0.347. The number of anilines is 1. The average Bonchev–Trinajstić information content (AvgIpc) is 3.68. The quantitative estimate of drug-likeness (QED) is 0.0686. The molecule has 6 N–H and O–H groups in total. The largest absolute Gasteiger partial charge is 0.790 e. The first kappa shape index (κ1) is 46.0. The van der Waals surface area contributed by atoms with Gasteiger partial charge in [0.05, 0.1) is 27.4 Å². The smallest absolute Gasteiger partial charge is 0.274 e. The molecule has 4 rings (SSSR count). The molecule has 24 nitrogen and oxygen atoms in total. The number of allylic oxidation sites excluding steroid dienone is 1. The van der Waals surface area contributed by atoms with E-state index in [1.807, 2.05) is 6.08 Å². The number of rotatable bonds is 20. The van der Waals surface area contributed by atoms with Crippen molar-refractivity contribution in [1.82, 2.24) is 30.2 Å². The van der Waals surface area contributed by atoms with Gasteiger partial charge in [-0.2, -0.15) is 0 Å². The van der Waals surface area contributed by atoms with Crippen LogP contribution in [0.15, 0.2) is 24.3 Å². The molecule has 2 amide bonds. The maximum Gasteiger partial charge on any atom is 0.274 e. The Balaban J connectivity index is 1.23. The molecule has 314 valence electrons. The molecule has 0 aromatic carbocycles. The number of ether oxygens (including phenoxy) is 1. The third-order valence-corrected chi connectivity index (χ3v) is 12.2. The zero-order valence-electron chi connectivity index (χ0n) is 29.8. The monoisotopic (exact) mass is 871 g/mol. The van der Waals surface area contributed by atoms with Crippen LogP contribution in [0.4, 0.5) is 5.82 Å². The molecule has 1 fully saturated rings. The van der Waals surface area contributed by atoms with Gasteiger partial charge in [-0.15, -0.1) is 0 Å². The van der Waals surface area contributed by atoms with Crippen LogP contribution < -0.4 is 35.9 Å². The van der Waals surface area contributed by atoms with Gasteiger partial charge < -0.3 is 69.0 Å². The van der Waals surface area contributed by atoms with Crippen molar-refractivity contribution in [1.29, 1.82) is 0 Å². The Bertz CT molecular complexity index is 1910. The number of nitrogens with two attached hydrogens (primary N) is 1. The third-order valence-electron chi connectivity index (χ3n) is 8.26. The van der Waals surface area contributed by atoms with Crippen molar-refractivity contribution in [2.45, 2.75) is 76.6 Å². The Morgan fingerprint density at radius 3 is 2.48 bits per heavy atom. The van der Waals surface area contributed by atoms with E-state index in [4.69, 9.17) is 10.5 Å². The number of fused-ring (bicyclic) bond motifs is 1. The van der Waals surface area contributed by atoms with Crippen molar-refractivity contribution in [3.8, 4) is 0 Å². The molecule has 0 radical (unpaired) electrons. The van der Waals surface area contributed by atoms with Crippen molar-refractivity contribution < 1.29 is 80.5 Å². The molecule has 0 spiro atoms. The van der Waals surface area contributed by atoms with Crippen LogP contribution in [0.25, 0.3) is 11.2 Å². The van der Waals surface area contributed by atoms with Gasteiger partial charge in [-0.3, -0.25) is 28.1 Å². The van der Waals surface area contributed by atoms with Gasteiger partial charge >= 0.3 is 0 Å². The molecule has 1 saturated heterocycles. The van der Waals surface area contributed by atoms with E-state index < -0.39 is 84.6 Å². The first-order valence-corrected chi connectivity index (χ1v) is 22.1. The summed E-state index contributed by atoms with van der Waals surface area (Å²) in [6.45, 7) is 0.135. The number of hydrogen-bond donors (Lipinski definition) is 5. The van der Waals surface area contributed by atoms with Gasteiger partial charge in [0, 0.05) is 36.3 Å². The molecule has 0 saturated carbocycles. The van der Waals surface area contributed by atoms with Crippen LogP contribution in [0.1, 0.15) is 52.2 Å². The number of phosphoric acid groups is 3. The minimum Gasteiger partial charge on any atom is -0.790 e. The molecular weight excluding hydrogens is 831 g/mol. The number of thioether (sulfide) groups is 1. The molecular formula is C28H40N7O17P3S-4. The van der Waals surface area contributed by atoms with Crippen LogP contribution in [0.2, 0.25) is 0 Å². The fourth-order valence-electron chi connectivity index (χ4n) is 5.37. The van der Waals surface area contributed by atoms with Crippen molar-refractivity contribution in [3.05, 3.63) is 24.3 Å². The van der Waals surface area contributed by atoms with Crippen molar-refractivity contribution >= 4 is 69.1 Å². The molecule has 56 heavy (non-hydrogen) atoms. The van der Waals surface area contributed by atoms with Crippen LogP contribution in [0.3, 0.4) is 0 Å². The molecule has 2 aliphatic rings. The summed E-state index contributed by atoms with van der Waals surface area (Å²) in [5, 5.41) is 26.2. The predicted molar refractivity (Wildman–Crippen MR) is 185 cm³/mol. The summed E-state index contributed by atoms with van der Waals surface area (Å²) < 4.78 is 60.5. The third kappa shape index (κ3) is 13.2. The number of nitrogens with zero attached hydrogens (tertiary/aromatic N) is 4. The maximum absolute atomic E-state index is 12.5. The standard InChI is InChI=1S/C28H44N7O17P3S/c1-28(2,22(38)25(39)31-9-8-18(36)30-10-11-56-27(40)16-6-4-3-5-7-16)13-49-55(46,47)52-54(44,45)48-12-17-21(51-53(41,42)43)20(37)26(50-17)35-15-34-19-23(29)32-14-33-24(19)35/h6,14-15,17,20-22,26,37-38H,3-5,7-13H2,1-2H3,(H,30,36)(H,31,39)(H,44,45)(H,46,47)(H2,29,32,33)(H2,41,42,43)/p-4/t17-,20-,21-,22+,26-/m1/s1. The second-order valence-corrected chi connectivity index (χ2v) is 18.2. The number of phosphoric ester groups is 3. The Morgan fingerprint density at radius 1 is 1.09 bits per heavy atom. The summed E-state index contributed by atoms with van der Waals surface area (Å²) in [4.78, 5) is 96.3. The number of imidazole rings is 1. The summed E-state index contributed by atoms with van der Waals surface area (Å²) in [5.41, 5.74) is 4.86. The second kappa shape index (κ2) is 19.4.